The molecule has 0 spiro atoms. The monoisotopic (exact) mass is 419 g/mol. The number of carbonyl (C=O) groups excluding carboxylic acids is 1. The number of nitrogens with two attached hydrogens (primary N) is 1. The summed E-state index contributed by atoms with van der Waals surface area (Å²) >= 11 is 1.03. The molecule has 0 aliphatic rings. The van der Waals surface area contributed by atoms with Crippen LogP contribution in [0.15, 0.2) is 41.6 Å². The van der Waals surface area contributed by atoms with Gasteiger partial charge in [0.25, 0.3) is 0 Å². The van der Waals surface area contributed by atoms with Crippen LogP contribution in [0.1, 0.15) is 17.0 Å². The predicted octanol–water partition coefficient (Wildman–Crippen LogP) is 3.20. The average Bonchev–Trinajstić information content (AvgIpc) is 3.02. The van der Waals surface area contributed by atoms with Crippen LogP contribution in [-0.4, -0.2) is 26.5 Å². The normalized spacial score (nSPS) is 10.8. The number of aryl methyl sites for hydroxylation is 2. The maximum Gasteiger partial charge on any atom is 0.234 e. The standard InChI is InChI=1S/C19H19F2N5O2S/c1-11-4-3-5-12(2)18(11)28-9-16-24-25-19(26(16)22)29-10-17(27)23-15-7-6-13(20)8-14(15)21/h3-8H,9-10,22H2,1-2H3,(H,23,27). The first kappa shape index (κ1) is 20.6. The Morgan fingerprint density at radius 2 is 1.93 bits per heavy atom. The summed E-state index contributed by atoms with van der Waals surface area (Å²) in [7, 11) is 0. The molecule has 10 heteroatoms. The molecule has 7 nitrogen and oxygen atoms in total. The molecular weight excluding hydrogens is 400 g/mol. The van der Waals surface area contributed by atoms with Crippen LogP contribution in [0.5, 0.6) is 5.75 Å². The van der Waals surface area contributed by atoms with E-state index >= 15 is 0 Å². The maximum absolute atomic E-state index is 13.6. The highest BCUT2D eigenvalue weighted by Gasteiger charge is 2.15. The number of nitrogens with one attached hydrogen (secondary N) is 1. The summed E-state index contributed by atoms with van der Waals surface area (Å²) in [6.07, 6.45) is 0. The molecule has 152 valence electrons. The van der Waals surface area contributed by atoms with Crippen LogP contribution in [0.4, 0.5) is 14.5 Å². The Labute approximate surface area is 170 Å². The third-order valence-corrected chi connectivity index (χ3v) is 4.97. The summed E-state index contributed by atoms with van der Waals surface area (Å²) in [5.41, 5.74) is 1.88. The number of carbonyl (C=O) groups is 1. The molecule has 0 fully saturated rings. The molecule has 3 rings (SSSR count). The zero-order chi connectivity index (χ0) is 21.0. The number of nitrogen functional groups attached to an aromatic ring is 1. The molecule has 0 saturated carbocycles. The molecule has 0 aliphatic heterocycles. The SMILES string of the molecule is Cc1cccc(C)c1OCc1nnc(SCC(=O)Nc2ccc(F)cc2F)n1N. The number of hydrogen-bond acceptors (Lipinski definition) is 6. The van der Waals surface area contributed by atoms with E-state index in [2.05, 4.69) is 15.5 Å². The summed E-state index contributed by atoms with van der Waals surface area (Å²) in [6.45, 7) is 4.00. The van der Waals surface area contributed by atoms with E-state index in [0.29, 0.717) is 17.0 Å². The van der Waals surface area contributed by atoms with E-state index in [1.54, 1.807) is 0 Å². The van der Waals surface area contributed by atoms with Gasteiger partial charge >= 0.3 is 0 Å². The van der Waals surface area contributed by atoms with Gasteiger partial charge in [-0.25, -0.2) is 13.5 Å². The van der Waals surface area contributed by atoms with Gasteiger partial charge in [-0.1, -0.05) is 30.0 Å². The van der Waals surface area contributed by atoms with Crippen molar-refractivity contribution in [2.75, 3.05) is 16.9 Å². The van der Waals surface area contributed by atoms with Crippen molar-refractivity contribution in [1.82, 2.24) is 14.9 Å². The molecule has 1 aromatic heterocycles. The van der Waals surface area contributed by atoms with Crippen LogP contribution in [0.3, 0.4) is 0 Å². The van der Waals surface area contributed by atoms with Crippen LogP contribution < -0.4 is 15.9 Å². The van der Waals surface area contributed by atoms with Gasteiger partial charge in [-0.15, -0.1) is 10.2 Å². The second-order valence-electron chi connectivity index (χ2n) is 6.24. The van der Waals surface area contributed by atoms with E-state index in [9.17, 15) is 13.6 Å². The first-order valence-corrected chi connectivity index (χ1v) is 9.60. The summed E-state index contributed by atoms with van der Waals surface area (Å²) in [6, 6.07) is 8.74. The Morgan fingerprint density at radius 1 is 1.21 bits per heavy atom. The Morgan fingerprint density at radius 3 is 2.62 bits per heavy atom. The van der Waals surface area contributed by atoms with Gasteiger partial charge < -0.3 is 15.9 Å². The number of para-hydroxylation sites is 1. The smallest absolute Gasteiger partial charge is 0.234 e. The number of benzene rings is 2. The van der Waals surface area contributed by atoms with E-state index in [0.717, 1.165) is 40.8 Å². The van der Waals surface area contributed by atoms with Crippen molar-refractivity contribution in [3.63, 3.8) is 0 Å². The number of rotatable bonds is 7. The molecule has 0 bridgehead atoms. The highest BCUT2D eigenvalue weighted by molar-refractivity contribution is 7.99. The number of thioether (sulfide) groups is 1. The second-order valence-corrected chi connectivity index (χ2v) is 7.18. The Kier molecular flexibility index (Phi) is 6.32. The van der Waals surface area contributed by atoms with Crippen molar-refractivity contribution in [1.29, 1.82) is 0 Å². The third-order valence-electron chi connectivity index (χ3n) is 4.03. The number of halogens is 2. The predicted molar refractivity (Wildman–Crippen MR) is 106 cm³/mol. The topological polar surface area (TPSA) is 95.1 Å². The van der Waals surface area contributed by atoms with Crippen LogP contribution in [0, 0.1) is 25.5 Å². The minimum atomic E-state index is -0.851. The molecular formula is C19H19F2N5O2S. The van der Waals surface area contributed by atoms with Gasteiger partial charge in [-0.3, -0.25) is 4.79 Å². The van der Waals surface area contributed by atoms with Crippen LogP contribution in [0.25, 0.3) is 0 Å². The molecule has 0 saturated heterocycles. The maximum atomic E-state index is 13.6. The van der Waals surface area contributed by atoms with E-state index in [-0.39, 0.29) is 18.0 Å². The lowest BCUT2D eigenvalue weighted by atomic mass is 10.1. The van der Waals surface area contributed by atoms with Crippen molar-refractivity contribution < 1.29 is 18.3 Å². The van der Waals surface area contributed by atoms with Gasteiger partial charge in [0.05, 0.1) is 11.4 Å². The summed E-state index contributed by atoms with van der Waals surface area (Å²) < 4.78 is 33.6. The van der Waals surface area contributed by atoms with Gasteiger partial charge in [-0.05, 0) is 37.1 Å². The molecule has 0 radical (unpaired) electrons. The van der Waals surface area contributed by atoms with Crippen molar-refractivity contribution >= 4 is 23.4 Å². The molecule has 0 unspecified atom stereocenters. The van der Waals surface area contributed by atoms with Gasteiger partial charge in [-0.2, -0.15) is 0 Å². The quantitative estimate of drug-likeness (QED) is 0.451. The van der Waals surface area contributed by atoms with Crippen LogP contribution >= 0.6 is 11.8 Å². The molecule has 0 atom stereocenters. The van der Waals surface area contributed by atoms with Crippen molar-refractivity contribution in [2.24, 2.45) is 0 Å². The van der Waals surface area contributed by atoms with Crippen molar-refractivity contribution in [3.05, 3.63) is 65.0 Å². The van der Waals surface area contributed by atoms with Gasteiger partial charge in [0.15, 0.2) is 5.82 Å². The summed E-state index contributed by atoms with van der Waals surface area (Å²) in [5, 5.41) is 10.6. The number of nitrogens with zero attached hydrogens (tertiary/aromatic N) is 3. The molecule has 2 aromatic carbocycles. The number of hydrogen-bond donors (Lipinski definition) is 2. The third kappa shape index (κ3) is 5.02. The second kappa shape index (κ2) is 8.91. The number of aromatic nitrogens is 3. The molecule has 29 heavy (non-hydrogen) atoms. The highest BCUT2D eigenvalue weighted by atomic mass is 32.2. The lowest BCUT2D eigenvalue weighted by molar-refractivity contribution is -0.113. The number of amides is 1. The van der Waals surface area contributed by atoms with Gasteiger partial charge in [0.2, 0.25) is 11.1 Å². The first-order chi connectivity index (χ1) is 13.8. The Bertz CT molecular complexity index is 1020. The fourth-order valence-electron chi connectivity index (χ4n) is 2.57. The molecule has 1 heterocycles. The lowest BCUT2D eigenvalue weighted by Gasteiger charge is -2.11. The minimum absolute atomic E-state index is 0.0795. The van der Waals surface area contributed by atoms with E-state index in [1.807, 2.05) is 32.0 Å². The van der Waals surface area contributed by atoms with Crippen molar-refractivity contribution in [3.8, 4) is 5.75 Å². The lowest BCUT2D eigenvalue weighted by Crippen LogP contribution is -2.18. The highest BCUT2D eigenvalue weighted by Crippen LogP contribution is 2.24. The van der Waals surface area contributed by atoms with Crippen LogP contribution in [0.2, 0.25) is 0 Å². The van der Waals surface area contributed by atoms with E-state index in [4.69, 9.17) is 10.6 Å². The minimum Gasteiger partial charge on any atom is -0.485 e. The van der Waals surface area contributed by atoms with Crippen molar-refractivity contribution in [2.45, 2.75) is 25.6 Å². The van der Waals surface area contributed by atoms with E-state index in [1.165, 1.54) is 4.68 Å². The fourth-order valence-corrected chi connectivity index (χ4v) is 3.25. The Hall–Kier alpha value is -3.14. The number of ether oxygens (including phenoxy) is 1. The fraction of sp³-hybridized carbons (Fsp3) is 0.211. The number of anilines is 1. The van der Waals surface area contributed by atoms with Crippen LogP contribution in [-0.2, 0) is 11.4 Å². The molecule has 3 aromatic rings. The molecule has 3 N–H and O–H groups in total. The summed E-state index contributed by atoms with van der Waals surface area (Å²) in [5.74, 6) is 4.98. The molecule has 0 aliphatic carbocycles. The zero-order valence-electron chi connectivity index (χ0n) is 15.8. The largest absolute Gasteiger partial charge is 0.485 e. The van der Waals surface area contributed by atoms with E-state index < -0.39 is 17.5 Å². The molecule has 1 amide bonds. The van der Waals surface area contributed by atoms with Gasteiger partial charge in [0.1, 0.15) is 24.0 Å². The zero-order valence-corrected chi connectivity index (χ0v) is 16.6. The summed E-state index contributed by atoms with van der Waals surface area (Å²) in [4.78, 5) is 12.0. The first-order valence-electron chi connectivity index (χ1n) is 8.61. The average molecular weight is 419 g/mol. The van der Waals surface area contributed by atoms with Gasteiger partial charge in [0, 0.05) is 6.07 Å². The Balaban J connectivity index is 1.57.